The molecule has 0 atom stereocenters. The summed E-state index contributed by atoms with van der Waals surface area (Å²) in [6, 6.07) is 6.54. The van der Waals surface area contributed by atoms with E-state index in [2.05, 4.69) is 20.4 Å². The first-order valence-electron chi connectivity index (χ1n) is 6.35. The Bertz CT molecular complexity index is 493. The Morgan fingerprint density at radius 3 is 3.06 bits per heavy atom. The molecule has 1 N–H and O–H groups in total. The van der Waals surface area contributed by atoms with E-state index in [1.165, 1.54) is 12.8 Å². The van der Waals surface area contributed by atoms with Crippen molar-refractivity contribution in [1.29, 1.82) is 0 Å². The number of hydrogen-bond acceptors (Lipinski definition) is 5. The van der Waals surface area contributed by atoms with Gasteiger partial charge in [-0.25, -0.2) is 0 Å². The first kappa shape index (κ1) is 11.3. The summed E-state index contributed by atoms with van der Waals surface area (Å²) in [5.74, 6) is 1.41. The summed E-state index contributed by atoms with van der Waals surface area (Å²) in [6.07, 6.45) is 5.80. The highest BCUT2D eigenvalue weighted by Crippen LogP contribution is 2.18. The van der Waals surface area contributed by atoms with E-state index in [0.717, 1.165) is 24.7 Å². The Hall–Kier alpha value is -1.75. The second-order valence-corrected chi connectivity index (χ2v) is 4.58. The van der Waals surface area contributed by atoms with Crippen molar-refractivity contribution in [2.45, 2.75) is 31.7 Å². The fourth-order valence-corrected chi connectivity index (χ4v) is 1.80. The summed E-state index contributed by atoms with van der Waals surface area (Å²) in [4.78, 5) is 8.61. The van der Waals surface area contributed by atoms with Crippen molar-refractivity contribution in [1.82, 2.24) is 20.4 Å². The normalized spacial score (nSPS) is 14.9. The second-order valence-electron chi connectivity index (χ2n) is 4.58. The number of rotatable bonds is 6. The maximum Gasteiger partial charge on any atom is 0.227 e. The Balaban J connectivity index is 1.52. The van der Waals surface area contributed by atoms with Gasteiger partial charge in [0, 0.05) is 30.9 Å². The predicted octanol–water partition coefficient (Wildman–Crippen LogP) is 1.35. The maximum absolute atomic E-state index is 5.21. The minimum Gasteiger partial charge on any atom is -0.339 e. The molecule has 18 heavy (non-hydrogen) atoms. The van der Waals surface area contributed by atoms with Gasteiger partial charge in [-0.2, -0.15) is 4.98 Å². The minimum absolute atomic E-state index is 0.625. The molecule has 94 valence electrons. The predicted molar refractivity (Wildman–Crippen MR) is 66.1 cm³/mol. The molecule has 3 rings (SSSR count). The number of nitrogens with one attached hydrogen (secondary N) is 1. The van der Waals surface area contributed by atoms with Crippen LogP contribution in [-0.4, -0.2) is 27.7 Å². The number of pyridine rings is 1. The molecule has 0 amide bonds. The van der Waals surface area contributed by atoms with Crippen LogP contribution >= 0.6 is 0 Å². The first-order valence-corrected chi connectivity index (χ1v) is 6.35. The van der Waals surface area contributed by atoms with Crippen molar-refractivity contribution in [2.75, 3.05) is 6.54 Å². The highest BCUT2D eigenvalue weighted by Gasteiger charge is 2.20. The largest absolute Gasteiger partial charge is 0.339 e. The Kier molecular flexibility index (Phi) is 3.32. The van der Waals surface area contributed by atoms with E-state index in [1.807, 2.05) is 18.2 Å². The van der Waals surface area contributed by atoms with Crippen molar-refractivity contribution < 1.29 is 4.52 Å². The van der Waals surface area contributed by atoms with Crippen LogP contribution in [-0.2, 0) is 12.8 Å². The van der Waals surface area contributed by atoms with Gasteiger partial charge in [0.05, 0.1) is 6.42 Å². The van der Waals surface area contributed by atoms with Gasteiger partial charge in [-0.05, 0) is 25.0 Å². The lowest BCUT2D eigenvalue weighted by atomic mass is 10.2. The summed E-state index contributed by atoms with van der Waals surface area (Å²) in [7, 11) is 0. The average molecular weight is 244 g/mol. The van der Waals surface area contributed by atoms with Crippen LogP contribution in [0.25, 0.3) is 0 Å². The molecule has 0 saturated heterocycles. The van der Waals surface area contributed by atoms with Crippen LogP contribution in [0.5, 0.6) is 0 Å². The molecule has 1 aliphatic rings. The van der Waals surface area contributed by atoms with Gasteiger partial charge >= 0.3 is 0 Å². The zero-order chi connectivity index (χ0) is 12.2. The van der Waals surface area contributed by atoms with Gasteiger partial charge in [0.25, 0.3) is 0 Å². The fourth-order valence-electron chi connectivity index (χ4n) is 1.80. The van der Waals surface area contributed by atoms with E-state index in [9.17, 15) is 0 Å². The molecule has 0 aliphatic heterocycles. The van der Waals surface area contributed by atoms with Gasteiger partial charge in [0.2, 0.25) is 5.89 Å². The average Bonchev–Trinajstić information content (AvgIpc) is 3.11. The van der Waals surface area contributed by atoms with E-state index >= 15 is 0 Å². The van der Waals surface area contributed by atoms with Crippen LogP contribution < -0.4 is 5.32 Å². The molecule has 0 unspecified atom stereocenters. The van der Waals surface area contributed by atoms with E-state index in [0.29, 0.717) is 18.1 Å². The number of hydrogen-bond donors (Lipinski definition) is 1. The van der Waals surface area contributed by atoms with E-state index in [1.54, 1.807) is 6.20 Å². The molecule has 0 radical (unpaired) electrons. The van der Waals surface area contributed by atoms with Gasteiger partial charge in [0.15, 0.2) is 5.82 Å². The molecular formula is C13H16N4O. The summed E-state index contributed by atoms with van der Waals surface area (Å²) >= 11 is 0. The van der Waals surface area contributed by atoms with Crippen molar-refractivity contribution in [2.24, 2.45) is 0 Å². The van der Waals surface area contributed by atoms with Crippen LogP contribution in [0.15, 0.2) is 28.9 Å². The summed E-state index contributed by atoms with van der Waals surface area (Å²) in [6.45, 7) is 0.913. The maximum atomic E-state index is 5.21. The minimum atomic E-state index is 0.625. The lowest BCUT2D eigenvalue weighted by molar-refractivity contribution is 0.371. The van der Waals surface area contributed by atoms with Gasteiger partial charge < -0.3 is 9.84 Å². The molecular weight excluding hydrogens is 228 g/mol. The van der Waals surface area contributed by atoms with Crippen LogP contribution in [0.4, 0.5) is 0 Å². The molecule has 0 aromatic carbocycles. The van der Waals surface area contributed by atoms with Crippen LogP contribution in [0.1, 0.15) is 30.3 Å². The molecule has 5 nitrogen and oxygen atoms in total. The van der Waals surface area contributed by atoms with Crippen LogP contribution in [0, 0.1) is 0 Å². The number of aromatic nitrogens is 3. The summed E-state index contributed by atoms with van der Waals surface area (Å²) in [5.41, 5.74) is 0.959. The smallest absolute Gasteiger partial charge is 0.227 e. The SMILES string of the molecule is c1ccc(Cc2noc(CCNC3CC3)n2)nc1. The molecule has 0 bridgehead atoms. The standard InChI is InChI=1S/C13H16N4O/c1-2-7-14-11(3-1)9-12-16-13(18-17-12)6-8-15-10-4-5-10/h1-3,7,10,15H,4-6,8-9H2. The summed E-state index contributed by atoms with van der Waals surface area (Å²) in [5, 5.41) is 7.39. The molecule has 0 spiro atoms. The lowest BCUT2D eigenvalue weighted by Gasteiger charge is -1.97. The zero-order valence-electron chi connectivity index (χ0n) is 10.2. The topological polar surface area (TPSA) is 63.8 Å². The molecule has 1 fully saturated rings. The Labute approximate surface area is 106 Å². The molecule has 2 heterocycles. The molecule has 1 aliphatic carbocycles. The molecule has 2 aromatic rings. The van der Waals surface area contributed by atoms with Gasteiger partial charge in [-0.15, -0.1) is 0 Å². The third-order valence-corrected chi connectivity index (χ3v) is 2.92. The third-order valence-electron chi connectivity index (χ3n) is 2.92. The Morgan fingerprint density at radius 1 is 1.33 bits per heavy atom. The molecule has 1 saturated carbocycles. The third kappa shape index (κ3) is 3.13. The Morgan fingerprint density at radius 2 is 2.28 bits per heavy atom. The van der Waals surface area contributed by atoms with Crippen LogP contribution in [0.3, 0.4) is 0 Å². The highest BCUT2D eigenvalue weighted by atomic mass is 16.5. The van der Waals surface area contributed by atoms with Crippen molar-refractivity contribution in [3.8, 4) is 0 Å². The van der Waals surface area contributed by atoms with Gasteiger partial charge in [-0.1, -0.05) is 11.2 Å². The molecule has 2 aromatic heterocycles. The van der Waals surface area contributed by atoms with Crippen molar-refractivity contribution >= 4 is 0 Å². The van der Waals surface area contributed by atoms with Crippen LogP contribution in [0.2, 0.25) is 0 Å². The van der Waals surface area contributed by atoms with Gasteiger partial charge in [-0.3, -0.25) is 4.98 Å². The monoisotopic (exact) mass is 244 g/mol. The first-order chi connectivity index (χ1) is 8.90. The summed E-state index contributed by atoms with van der Waals surface area (Å²) < 4.78 is 5.21. The zero-order valence-corrected chi connectivity index (χ0v) is 10.2. The van der Waals surface area contributed by atoms with E-state index in [4.69, 9.17) is 4.52 Å². The van der Waals surface area contributed by atoms with E-state index in [-0.39, 0.29) is 0 Å². The van der Waals surface area contributed by atoms with Crippen molar-refractivity contribution in [3.05, 3.63) is 41.8 Å². The van der Waals surface area contributed by atoms with E-state index < -0.39 is 0 Å². The number of nitrogens with zero attached hydrogens (tertiary/aromatic N) is 3. The lowest BCUT2D eigenvalue weighted by Crippen LogP contribution is -2.19. The second kappa shape index (κ2) is 5.27. The van der Waals surface area contributed by atoms with Gasteiger partial charge in [0.1, 0.15) is 0 Å². The molecule has 5 heteroatoms. The fraction of sp³-hybridized carbons (Fsp3) is 0.462. The highest BCUT2D eigenvalue weighted by molar-refractivity contribution is 5.09. The van der Waals surface area contributed by atoms with Crippen molar-refractivity contribution in [3.63, 3.8) is 0 Å². The quantitative estimate of drug-likeness (QED) is 0.831.